The minimum atomic E-state index is -0.600. The highest BCUT2D eigenvalue weighted by molar-refractivity contribution is 9.10. The van der Waals surface area contributed by atoms with E-state index >= 15 is 4.39 Å². The van der Waals surface area contributed by atoms with Crippen LogP contribution >= 0.6 is 15.9 Å². The van der Waals surface area contributed by atoms with E-state index in [1.54, 1.807) is 11.0 Å². The van der Waals surface area contributed by atoms with Crippen molar-refractivity contribution < 1.29 is 18.7 Å². The number of benzene rings is 1. The Morgan fingerprint density at radius 3 is 2.91 bits per heavy atom. The molecule has 2 saturated heterocycles. The van der Waals surface area contributed by atoms with Gasteiger partial charge in [-0.15, -0.1) is 0 Å². The lowest BCUT2D eigenvalue weighted by molar-refractivity contribution is -0.115. The third-order valence-corrected chi connectivity index (χ3v) is 7.30. The van der Waals surface area contributed by atoms with Gasteiger partial charge in [-0.05, 0) is 60.8 Å². The second-order valence-corrected chi connectivity index (χ2v) is 10.6. The monoisotopic (exact) mass is 527 g/mol. The molecule has 1 aromatic heterocycles. The Labute approximate surface area is 204 Å². The normalized spacial score (nSPS) is 23.5. The molecule has 1 N–H and O–H groups in total. The molecule has 34 heavy (non-hydrogen) atoms. The Morgan fingerprint density at radius 2 is 2.21 bits per heavy atom. The van der Waals surface area contributed by atoms with Gasteiger partial charge in [-0.2, -0.15) is 5.26 Å². The van der Waals surface area contributed by atoms with Gasteiger partial charge in [-0.25, -0.2) is 9.18 Å². The number of carbonyl (C=O) groups is 2. The van der Waals surface area contributed by atoms with Crippen LogP contribution in [0.5, 0.6) is 0 Å². The maximum Gasteiger partial charge on any atom is 0.410 e. The summed E-state index contributed by atoms with van der Waals surface area (Å²) in [6, 6.07) is 3.49. The molecular formula is C24H23BrFN5O3. The van der Waals surface area contributed by atoms with Gasteiger partial charge in [0.25, 0.3) is 0 Å². The molecule has 4 heterocycles. The van der Waals surface area contributed by atoms with Gasteiger partial charge in [-0.1, -0.05) is 0 Å². The van der Waals surface area contributed by atoms with E-state index in [0.717, 1.165) is 6.42 Å². The van der Waals surface area contributed by atoms with Gasteiger partial charge in [0.05, 0.1) is 46.7 Å². The van der Waals surface area contributed by atoms with Crippen molar-refractivity contribution in [1.29, 1.82) is 5.26 Å². The molecule has 2 aromatic rings. The molecule has 1 aliphatic carbocycles. The molecule has 2 amide bonds. The Bertz CT molecular complexity index is 1300. The molecule has 6 rings (SSSR count). The van der Waals surface area contributed by atoms with Gasteiger partial charge in [-0.3, -0.25) is 9.78 Å². The minimum Gasteiger partial charge on any atom is -0.444 e. The minimum absolute atomic E-state index is 0.0901. The summed E-state index contributed by atoms with van der Waals surface area (Å²) in [4.78, 5) is 33.3. The van der Waals surface area contributed by atoms with Crippen LogP contribution in [0, 0.1) is 23.1 Å². The SMILES string of the molecule is CC(C)(C)OC(=O)N1CC2CC1[C@H]2N1CC(=O)Nc2cnc3c(F)c(Br)c(/C=C/C#N)cc3c21. The van der Waals surface area contributed by atoms with Crippen molar-refractivity contribution in [2.75, 3.05) is 23.3 Å². The van der Waals surface area contributed by atoms with Crippen molar-refractivity contribution in [2.24, 2.45) is 5.92 Å². The number of rotatable bonds is 2. The number of allylic oxidation sites excluding steroid dienone is 1. The summed E-state index contributed by atoms with van der Waals surface area (Å²) in [6.07, 6.45) is 4.74. The highest BCUT2D eigenvalue weighted by Gasteiger charge is 2.58. The first-order chi connectivity index (χ1) is 16.1. The summed E-state index contributed by atoms with van der Waals surface area (Å²) in [5.41, 5.74) is 1.23. The van der Waals surface area contributed by atoms with Crippen molar-refractivity contribution in [3.8, 4) is 6.07 Å². The fourth-order valence-electron chi connectivity index (χ4n) is 5.19. The number of pyridine rings is 1. The van der Waals surface area contributed by atoms with Gasteiger partial charge in [0, 0.05) is 23.9 Å². The summed E-state index contributed by atoms with van der Waals surface area (Å²) < 4.78 is 21.0. The number of nitriles is 1. The summed E-state index contributed by atoms with van der Waals surface area (Å²) in [5, 5.41) is 12.3. The number of halogens is 2. The number of nitrogens with one attached hydrogen (secondary N) is 1. The molecule has 2 unspecified atom stereocenters. The lowest BCUT2D eigenvalue weighted by Crippen LogP contribution is -2.58. The highest BCUT2D eigenvalue weighted by Crippen LogP contribution is 2.49. The molecule has 176 valence electrons. The molecule has 8 nitrogen and oxygen atoms in total. The Morgan fingerprint density at radius 1 is 1.44 bits per heavy atom. The van der Waals surface area contributed by atoms with Crippen LogP contribution in [-0.2, 0) is 9.53 Å². The van der Waals surface area contributed by atoms with E-state index in [9.17, 15) is 9.59 Å². The van der Waals surface area contributed by atoms with Crippen LogP contribution < -0.4 is 10.2 Å². The largest absolute Gasteiger partial charge is 0.444 e. The zero-order valence-electron chi connectivity index (χ0n) is 18.9. The third-order valence-electron chi connectivity index (χ3n) is 6.50. The first-order valence-electron chi connectivity index (χ1n) is 11.0. The van der Waals surface area contributed by atoms with Crippen LogP contribution in [0.15, 0.2) is 22.8 Å². The standard InChI is InChI=1S/C24H23BrFN5O3/c1-24(2,3)34-23(33)30-10-13-8-16(30)21(13)31-11-17(32)29-15-9-28-20-14(22(15)31)7-12(5-4-6-27)18(25)19(20)26/h4-5,7,9,13,16,21H,8,10-11H2,1-3H3,(H,29,32)/b5-4+/t13?,16?,21-/m0/s1. The Balaban J connectivity index is 1.58. The van der Waals surface area contributed by atoms with E-state index < -0.39 is 11.4 Å². The summed E-state index contributed by atoms with van der Waals surface area (Å²) in [6.45, 7) is 6.14. The van der Waals surface area contributed by atoms with Gasteiger partial charge < -0.3 is 19.9 Å². The van der Waals surface area contributed by atoms with E-state index in [1.807, 2.05) is 31.7 Å². The van der Waals surface area contributed by atoms with Gasteiger partial charge in [0.1, 0.15) is 11.1 Å². The number of ether oxygens (including phenoxy) is 1. The number of nitrogens with zero attached hydrogens (tertiary/aromatic N) is 4. The lowest BCUT2D eigenvalue weighted by Gasteiger charge is -2.47. The second kappa shape index (κ2) is 7.94. The predicted octanol–water partition coefficient (Wildman–Crippen LogP) is 4.44. The fraction of sp³-hybridized carbons (Fsp3) is 0.417. The maximum atomic E-state index is 15.2. The molecular weight excluding hydrogens is 505 g/mol. The van der Waals surface area contributed by atoms with Crippen molar-refractivity contribution >= 4 is 56.3 Å². The van der Waals surface area contributed by atoms with Crippen molar-refractivity contribution in [3.63, 3.8) is 0 Å². The summed E-state index contributed by atoms with van der Waals surface area (Å²) in [7, 11) is 0. The van der Waals surface area contributed by atoms with E-state index in [-0.39, 0.29) is 46.5 Å². The third kappa shape index (κ3) is 3.59. The Kier molecular flexibility index (Phi) is 5.28. The van der Waals surface area contributed by atoms with Crippen LogP contribution in [-0.4, -0.2) is 52.7 Å². The molecule has 3 atom stereocenters. The quantitative estimate of drug-likeness (QED) is 0.579. The number of hydrogen-bond acceptors (Lipinski definition) is 6. The summed E-state index contributed by atoms with van der Waals surface area (Å²) >= 11 is 3.27. The zero-order valence-corrected chi connectivity index (χ0v) is 20.5. The van der Waals surface area contributed by atoms with Crippen molar-refractivity contribution in [3.05, 3.63) is 34.2 Å². The zero-order chi connectivity index (χ0) is 24.4. The predicted molar refractivity (Wildman–Crippen MR) is 129 cm³/mol. The number of hydrogen-bond donors (Lipinski definition) is 1. The smallest absolute Gasteiger partial charge is 0.410 e. The molecule has 1 aromatic carbocycles. The average Bonchev–Trinajstić information content (AvgIpc) is 3.34. The van der Waals surface area contributed by atoms with Crippen LogP contribution in [0.1, 0.15) is 32.8 Å². The number of carbonyl (C=O) groups excluding carboxylic acids is 2. The molecule has 4 aliphatic rings. The molecule has 3 aliphatic heterocycles. The van der Waals surface area contributed by atoms with Crippen LogP contribution in [0.3, 0.4) is 0 Å². The van der Waals surface area contributed by atoms with Gasteiger partial charge in [0.2, 0.25) is 5.91 Å². The average molecular weight is 528 g/mol. The van der Waals surface area contributed by atoms with Crippen molar-refractivity contribution in [1.82, 2.24) is 9.88 Å². The molecule has 2 bridgehead atoms. The molecule has 1 saturated carbocycles. The van der Waals surface area contributed by atoms with Crippen LogP contribution in [0.25, 0.3) is 17.0 Å². The first-order valence-corrected chi connectivity index (χ1v) is 11.8. The van der Waals surface area contributed by atoms with E-state index in [2.05, 4.69) is 26.2 Å². The maximum absolute atomic E-state index is 15.2. The van der Waals surface area contributed by atoms with Crippen LogP contribution in [0.2, 0.25) is 0 Å². The molecule has 3 fully saturated rings. The van der Waals surface area contributed by atoms with Crippen LogP contribution in [0.4, 0.5) is 20.6 Å². The summed E-state index contributed by atoms with van der Waals surface area (Å²) in [5.74, 6) is -0.551. The second-order valence-electron chi connectivity index (χ2n) is 9.84. The highest BCUT2D eigenvalue weighted by atomic mass is 79.9. The first kappa shape index (κ1) is 22.6. The lowest BCUT2D eigenvalue weighted by atomic mass is 9.78. The van der Waals surface area contributed by atoms with Gasteiger partial charge >= 0.3 is 6.09 Å². The van der Waals surface area contributed by atoms with Gasteiger partial charge in [0.15, 0.2) is 5.82 Å². The molecule has 0 spiro atoms. The van der Waals surface area contributed by atoms with E-state index in [0.29, 0.717) is 28.9 Å². The molecule has 10 heteroatoms. The fourth-order valence-corrected chi connectivity index (χ4v) is 5.62. The number of aromatic nitrogens is 1. The number of fused-ring (bicyclic) bond motifs is 4. The van der Waals surface area contributed by atoms with E-state index in [4.69, 9.17) is 10.00 Å². The number of amides is 2. The number of anilines is 2. The van der Waals surface area contributed by atoms with E-state index in [1.165, 1.54) is 18.3 Å². The molecule has 0 radical (unpaired) electrons. The Hall–Kier alpha value is -3.19. The topological polar surface area (TPSA) is 98.6 Å². The van der Waals surface area contributed by atoms with Crippen molar-refractivity contribution in [2.45, 2.75) is 44.9 Å².